The lowest BCUT2D eigenvalue weighted by Crippen LogP contribution is -2.11. The van der Waals surface area contributed by atoms with E-state index in [-0.39, 0.29) is 0 Å². The van der Waals surface area contributed by atoms with Gasteiger partial charge in [0.15, 0.2) is 0 Å². The van der Waals surface area contributed by atoms with Crippen LogP contribution >= 0.6 is 23.2 Å². The zero-order valence-corrected chi connectivity index (χ0v) is 16.2. The Morgan fingerprint density at radius 3 is 1.95 bits per heavy atom. The predicted molar refractivity (Wildman–Crippen MR) is 91.6 cm³/mol. The van der Waals surface area contributed by atoms with Crippen molar-refractivity contribution in [1.82, 2.24) is 0 Å². The third-order valence-electron chi connectivity index (χ3n) is 3.00. The van der Waals surface area contributed by atoms with Crippen LogP contribution in [0.2, 0.25) is 0 Å². The first-order valence-electron chi connectivity index (χ1n) is 7.52. The molecule has 0 spiro atoms. The molecule has 0 bridgehead atoms. The van der Waals surface area contributed by atoms with Gasteiger partial charge < -0.3 is 4.74 Å². The largest absolute Gasteiger partial charge is 0.377 e. The van der Waals surface area contributed by atoms with Crippen molar-refractivity contribution >= 4 is 33.4 Å². The maximum Gasteiger partial charge on any atom is 0.0972 e. The minimum atomic E-state index is -0.399. The van der Waals surface area contributed by atoms with Crippen molar-refractivity contribution in [3.63, 3.8) is 0 Å². The van der Waals surface area contributed by atoms with Crippen LogP contribution in [0.4, 0.5) is 0 Å². The van der Waals surface area contributed by atoms with Crippen LogP contribution in [0.5, 0.6) is 0 Å². The van der Waals surface area contributed by atoms with Gasteiger partial charge in [-0.2, -0.15) is 0 Å². The fraction of sp³-hybridized carbons (Fsp3) is 0.867. The Morgan fingerprint density at radius 1 is 1.00 bits per heavy atom. The lowest BCUT2D eigenvalue weighted by molar-refractivity contribution is 0.151. The third kappa shape index (κ3) is 18.5. The first-order chi connectivity index (χ1) is 8.92. The number of unbranched alkanes of at least 4 members (excludes halogenated alkanes) is 7. The summed E-state index contributed by atoms with van der Waals surface area (Å²) in [6.07, 6.45) is 11.2. The topological polar surface area (TPSA) is 9.23 Å². The smallest absolute Gasteiger partial charge is 0.0972 e. The van der Waals surface area contributed by atoms with Crippen LogP contribution in [0, 0.1) is 0 Å². The molecule has 0 N–H and O–H groups in total. The van der Waals surface area contributed by atoms with E-state index < -0.39 is 3.96 Å². The highest BCUT2D eigenvalue weighted by atomic mass is 35.5. The van der Waals surface area contributed by atoms with E-state index in [2.05, 4.69) is 6.58 Å². The lowest BCUT2D eigenvalue weighted by atomic mass is 10.1. The number of halogens is 2. The fourth-order valence-electron chi connectivity index (χ4n) is 1.95. The average molecular weight is 325 g/mol. The second-order valence-electron chi connectivity index (χ2n) is 5.66. The summed E-state index contributed by atoms with van der Waals surface area (Å²) in [5.74, 6) is 0. The molecular weight excluding hydrogens is 295 g/mol. The van der Waals surface area contributed by atoms with Crippen LogP contribution < -0.4 is 0 Å². The molecule has 0 aliphatic carbocycles. The lowest BCUT2D eigenvalue weighted by Gasteiger charge is -2.12. The van der Waals surface area contributed by atoms with Crippen molar-refractivity contribution < 1.29 is 4.74 Å². The van der Waals surface area contributed by atoms with Crippen molar-refractivity contribution in [2.45, 2.75) is 68.7 Å². The van der Waals surface area contributed by atoms with Gasteiger partial charge in [-0.05, 0) is 19.8 Å². The molecule has 0 aliphatic rings. The molecular formula is C15H30Cl2OSi. The summed E-state index contributed by atoms with van der Waals surface area (Å²) in [4.78, 5) is 0. The van der Waals surface area contributed by atoms with Gasteiger partial charge in [-0.25, -0.2) is 0 Å². The van der Waals surface area contributed by atoms with E-state index >= 15 is 0 Å². The van der Waals surface area contributed by atoms with Crippen LogP contribution in [0.25, 0.3) is 0 Å². The number of alkyl halides is 2. The highest BCUT2D eigenvalue weighted by Gasteiger charge is 2.14. The van der Waals surface area contributed by atoms with Crippen molar-refractivity contribution in [2.75, 3.05) is 13.2 Å². The van der Waals surface area contributed by atoms with E-state index in [0.717, 1.165) is 28.8 Å². The summed E-state index contributed by atoms with van der Waals surface area (Å²) in [7, 11) is 0.861. The summed E-state index contributed by atoms with van der Waals surface area (Å²) in [6, 6.07) is 0. The number of hydrogen-bond donors (Lipinski definition) is 0. The molecule has 0 radical (unpaired) electrons. The molecule has 0 saturated carbocycles. The molecule has 19 heavy (non-hydrogen) atoms. The highest BCUT2D eigenvalue weighted by Crippen LogP contribution is 2.23. The molecule has 0 unspecified atom stereocenters. The SMILES string of the molecule is C=C(C)COCCCCCCCCCCC([SiH3])(Cl)Cl. The summed E-state index contributed by atoms with van der Waals surface area (Å²) in [5, 5.41) is 0. The van der Waals surface area contributed by atoms with Gasteiger partial charge in [-0.3, -0.25) is 0 Å². The second-order valence-corrected chi connectivity index (χ2v) is 10.5. The third-order valence-corrected chi connectivity index (χ3v) is 3.88. The predicted octanol–water partition coefficient (Wildman–Crippen LogP) is 4.59. The minimum Gasteiger partial charge on any atom is -0.377 e. The summed E-state index contributed by atoms with van der Waals surface area (Å²) >= 11 is 12.0. The molecule has 0 aromatic rings. The summed E-state index contributed by atoms with van der Waals surface area (Å²) < 4.78 is 5.07. The zero-order valence-electron chi connectivity index (χ0n) is 12.6. The molecule has 114 valence electrons. The fourth-order valence-corrected chi connectivity index (χ4v) is 2.57. The summed E-state index contributed by atoms with van der Waals surface area (Å²) in [5.41, 5.74) is 1.10. The maximum atomic E-state index is 5.99. The van der Waals surface area contributed by atoms with E-state index in [1.807, 2.05) is 6.92 Å². The molecule has 1 nitrogen and oxygen atoms in total. The van der Waals surface area contributed by atoms with E-state index in [0.29, 0.717) is 6.61 Å². The normalized spacial score (nSPS) is 11.9. The molecule has 0 aromatic carbocycles. The van der Waals surface area contributed by atoms with Gasteiger partial charge in [0.05, 0.1) is 10.6 Å². The standard InChI is InChI=1S/C15H30Cl2OSi/c1-14(2)13-18-12-10-8-6-4-3-5-7-9-11-15(16,17)19/h1,3-13H2,2,19H3. The van der Waals surface area contributed by atoms with Gasteiger partial charge >= 0.3 is 0 Å². The van der Waals surface area contributed by atoms with Crippen molar-refractivity contribution in [3.8, 4) is 0 Å². The first-order valence-corrected chi connectivity index (χ1v) is 9.27. The van der Waals surface area contributed by atoms with E-state index in [1.165, 1.54) is 51.4 Å². The first kappa shape index (κ1) is 19.5. The van der Waals surface area contributed by atoms with Gasteiger partial charge in [0.2, 0.25) is 0 Å². The Morgan fingerprint density at radius 2 is 1.47 bits per heavy atom. The van der Waals surface area contributed by atoms with Gasteiger partial charge in [-0.15, -0.1) is 23.2 Å². The highest BCUT2D eigenvalue weighted by molar-refractivity contribution is 6.65. The molecule has 0 saturated heterocycles. The van der Waals surface area contributed by atoms with E-state index in [1.54, 1.807) is 0 Å². The molecule has 0 amide bonds. The van der Waals surface area contributed by atoms with Gasteiger partial charge in [0, 0.05) is 16.8 Å². The summed E-state index contributed by atoms with van der Waals surface area (Å²) in [6.45, 7) is 7.40. The Kier molecular flexibility index (Phi) is 12.6. The number of hydrogen-bond acceptors (Lipinski definition) is 1. The minimum absolute atomic E-state index is 0.399. The van der Waals surface area contributed by atoms with E-state index in [4.69, 9.17) is 27.9 Å². The van der Waals surface area contributed by atoms with Crippen LogP contribution in [0.15, 0.2) is 12.2 Å². The molecule has 0 atom stereocenters. The Balaban J connectivity index is 3.05. The molecule has 0 heterocycles. The zero-order chi connectivity index (χ0) is 14.6. The average Bonchev–Trinajstić information content (AvgIpc) is 2.28. The Bertz CT molecular complexity index is 227. The molecule has 0 fully saturated rings. The van der Waals surface area contributed by atoms with E-state index in [9.17, 15) is 0 Å². The molecule has 0 aliphatic heterocycles. The van der Waals surface area contributed by atoms with Crippen LogP contribution in [0.1, 0.15) is 64.7 Å². The second kappa shape index (κ2) is 12.3. The quantitative estimate of drug-likeness (QED) is 0.208. The van der Waals surface area contributed by atoms with Gasteiger partial charge in [-0.1, -0.05) is 57.1 Å². The van der Waals surface area contributed by atoms with Gasteiger partial charge in [0.1, 0.15) is 0 Å². The van der Waals surface area contributed by atoms with Crippen molar-refractivity contribution in [3.05, 3.63) is 12.2 Å². The number of ether oxygens (including phenoxy) is 1. The molecule has 0 aromatic heterocycles. The van der Waals surface area contributed by atoms with Crippen molar-refractivity contribution in [2.24, 2.45) is 0 Å². The monoisotopic (exact) mass is 324 g/mol. The number of rotatable bonds is 13. The Hall–Kier alpha value is 0.497. The van der Waals surface area contributed by atoms with Crippen LogP contribution in [-0.2, 0) is 4.74 Å². The van der Waals surface area contributed by atoms with Crippen LogP contribution in [-0.4, -0.2) is 27.4 Å². The van der Waals surface area contributed by atoms with Gasteiger partial charge in [0.25, 0.3) is 0 Å². The molecule has 0 rings (SSSR count). The maximum absolute atomic E-state index is 5.99. The van der Waals surface area contributed by atoms with Crippen LogP contribution in [0.3, 0.4) is 0 Å². The molecule has 4 heteroatoms. The van der Waals surface area contributed by atoms with Crippen molar-refractivity contribution in [1.29, 1.82) is 0 Å². The Labute approximate surface area is 132 Å².